The summed E-state index contributed by atoms with van der Waals surface area (Å²) in [5, 5.41) is 0. The Labute approximate surface area is 119 Å². The molecular weight excluding hydrogens is 290 g/mol. The van der Waals surface area contributed by atoms with Crippen LogP contribution < -0.4 is 14.7 Å². The molecule has 1 aliphatic rings. The van der Waals surface area contributed by atoms with Gasteiger partial charge in [0.15, 0.2) is 0 Å². The van der Waals surface area contributed by atoms with E-state index >= 15 is 0 Å². The zero-order valence-electron chi connectivity index (χ0n) is 11.0. The van der Waals surface area contributed by atoms with Crippen molar-refractivity contribution in [2.45, 2.75) is 31.9 Å². The summed E-state index contributed by atoms with van der Waals surface area (Å²) >= 11 is 0. The number of benzene rings is 1. The Balaban J connectivity index is 0.00000180. The average molecular weight is 308 g/mol. The first-order valence-electron chi connectivity index (χ1n) is 5.64. The van der Waals surface area contributed by atoms with E-state index < -0.39 is 10.1 Å². The SMILES string of the molecule is CC1(C)CC(N)c2cc(OS(C)(=O)=O)ccc2O1.Cl. The van der Waals surface area contributed by atoms with Gasteiger partial charge in [-0.3, -0.25) is 0 Å². The Hall–Kier alpha value is -0.980. The highest BCUT2D eigenvalue weighted by Gasteiger charge is 2.32. The third kappa shape index (κ3) is 3.99. The normalized spacial score (nSPS) is 20.7. The van der Waals surface area contributed by atoms with Crippen LogP contribution in [0.25, 0.3) is 0 Å². The van der Waals surface area contributed by atoms with Crippen LogP contribution in [0.2, 0.25) is 0 Å². The van der Waals surface area contributed by atoms with Gasteiger partial charge in [-0.25, -0.2) is 0 Å². The second-order valence-corrected chi connectivity index (χ2v) is 6.73. The van der Waals surface area contributed by atoms with Crippen molar-refractivity contribution in [3.05, 3.63) is 23.8 Å². The molecule has 1 heterocycles. The largest absolute Gasteiger partial charge is 0.487 e. The van der Waals surface area contributed by atoms with Crippen LogP contribution in [0.3, 0.4) is 0 Å². The number of ether oxygens (including phenoxy) is 1. The molecule has 0 aromatic heterocycles. The van der Waals surface area contributed by atoms with Gasteiger partial charge in [0.2, 0.25) is 0 Å². The minimum absolute atomic E-state index is 0. The first kappa shape index (κ1) is 16.1. The van der Waals surface area contributed by atoms with E-state index in [0.29, 0.717) is 12.2 Å². The molecule has 1 aliphatic heterocycles. The van der Waals surface area contributed by atoms with Gasteiger partial charge >= 0.3 is 10.1 Å². The third-order valence-electron chi connectivity index (χ3n) is 2.73. The lowest BCUT2D eigenvalue weighted by molar-refractivity contribution is 0.0727. The average Bonchev–Trinajstić information content (AvgIpc) is 2.15. The summed E-state index contributed by atoms with van der Waals surface area (Å²) in [6.07, 6.45) is 1.67. The summed E-state index contributed by atoms with van der Waals surface area (Å²) in [6, 6.07) is 4.69. The third-order valence-corrected chi connectivity index (χ3v) is 3.22. The first-order valence-corrected chi connectivity index (χ1v) is 7.46. The highest BCUT2D eigenvalue weighted by Crippen LogP contribution is 2.39. The van der Waals surface area contributed by atoms with Gasteiger partial charge in [0, 0.05) is 18.0 Å². The van der Waals surface area contributed by atoms with Crippen molar-refractivity contribution >= 4 is 22.5 Å². The highest BCUT2D eigenvalue weighted by molar-refractivity contribution is 7.86. The minimum Gasteiger partial charge on any atom is -0.487 e. The van der Waals surface area contributed by atoms with E-state index in [9.17, 15) is 8.42 Å². The topological polar surface area (TPSA) is 78.6 Å². The molecule has 0 saturated carbocycles. The predicted molar refractivity (Wildman–Crippen MR) is 75.4 cm³/mol. The lowest BCUT2D eigenvalue weighted by Crippen LogP contribution is -2.37. The van der Waals surface area contributed by atoms with Crippen molar-refractivity contribution < 1.29 is 17.3 Å². The Bertz CT molecular complexity index is 571. The molecule has 2 rings (SSSR count). The van der Waals surface area contributed by atoms with Crippen LogP contribution in [0, 0.1) is 0 Å². The summed E-state index contributed by atoms with van der Waals surface area (Å²) in [4.78, 5) is 0. The van der Waals surface area contributed by atoms with E-state index in [-0.39, 0.29) is 29.8 Å². The van der Waals surface area contributed by atoms with Gasteiger partial charge in [-0.05, 0) is 32.0 Å². The minimum atomic E-state index is -3.53. The van der Waals surface area contributed by atoms with Crippen molar-refractivity contribution in [3.63, 3.8) is 0 Å². The molecule has 1 aromatic rings. The van der Waals surface area contributed by atoms with Gasteiger partial charge in [-0.2, -0.15) is 8.42 Å². The molecule has 7 heteroatoms. The molecule has 0 amide bonds. The standard InChI is InChI=1S/C12H17NO4S.ClH/c1-12(2)7-10(13)9-6-8(17-18(3,14)15)4-5-11(9)16-12;/h4-6,10H,7,13H2,1-3H3;1H. The van der Waals surface area contributed by atoms with E-state index in [1.54, 1.807) is 18.2 Å². The molecule has 2 N–H and O–H groups in total. The maximum Gasteiger partial charge on any atom is 0.306 e. The van der Waals surface area contributed by atoms with Crippen LogP contribution in [0.15, 0.2) is 18.2 Å². The van der Waals surface area contributed by atoms with E-state index in [1.165, 1.54) is 0 Å². The highest BCUT2D eigenvalue weighted by atomic mass is 35.5. The molecule has 0 bridgehead atoms. The van der Waals surface area contributed by atoms with Crippen molar-refractivity contribution in [1.82, 2.24) is 0 Å². The zero-order valence-corrected chi connectivity index (χ0v) is 12.7. The second kappa shape index (κ2) is 5.19. The van der Waals surface area contributed by atoms with Crippen molar-refractivity contribution in [1.29, 1.82) is 0 Å². The summed E-state index contributed by atoms with van der Waals surface area (Å²) in [6.45, 7) is 3.94. The van der Waals surface area contributed by atoms with Gasteiger partial charge in [0.05, 0.1) is 6.26 Å². The molecule has 0 radical (unpaired) electrons. The van der Waals surface area contributed by atoms with E-state index in [4.69, 9.17) is 14.7 Å². The molecule has 0 saturated heterocycles. The fourth-order valence-corrected chi connectivity index (χ4v) is 2.57. The quantitative estimate of drug-likeness (QED) is 0.846. The van der Waals surface area contributed by atoms with Crippen LogP contribution in [-0.4, -0.2) is 20.3 Å². The van der Waals surface area contributed by atoms with Crippen molar-refractivity contribution in [3.8, 4) is 11.5 Å². The van der Waals surface area contributed by atoms with E-state index in [0.717, 1.165) is 11.8 Å². The molecule has 1 atom stereocenters. The summed E-state index contributed by atoms with van der Waals surface area (Å²) < 4.78 is 32.8. The maximum atomic E-state index is 11.1. The fourth-order valence-electron chi connectivity index (χ4n) is 2.11. The second-order valence-electron chi connectivity index (χ2n) is 5.16. The Morgan fingerprint density at radius 1 is 1.42 bits per heavy atom. The molecule has 0 fully saturated rings. The van der Waals surface area contributed by atoms with Crippen LogP contribution in [0.1, 0.15) is 31.9 Å². The first-order chi connectivity index (χ1) is 8.16. The van der Waals surface area contributed by atoms with Gasteiger partial charge in [0.1, 0.15) is 17.1 Å². The van der Waals surface area contributed by atoms with Crippen LogP contribution in [-0.2, 0) is 10.1 Å². The van der Waals surface area contributed by atoms with Crippen LogP contribution in [0.4, 0.5) is 0 Å². The number of nitrogens with two attached hydrogens (primary N) is 1. The Kier molecular flexibility index (Phi) is 4.39. The number of rotatable bonds is 2. The van der Waals surface area contributed by atoms with E-state index in [2.05, 4.69) is 0 Å². The lowest BCUT2D eigenvalue weighted by Gasteiger charge is -2.36. The Morgan fingerprint density at radius 3 is 2.63 bits per heavy atom. The molecular formula is C12H18ClNO4S. The van der Waals surface area contributed by atoms with E-state index in [1.807, 2.05) is 13.8 Å². The van der Waals surface area contributed by atoms with Crippen LogP contribution >= 0.6 is 12.4 Å². The molecule has 19 heavy (non-hydrogen) atoms. The zero-order chi connectivity index (χ0) is 13.6. The predicted octanol–water partition coefficient (Wildman–Crippen LogP) is 2.01. The number of fused-ring (bicyclic) bond motifs is 1. The summed E-state index contributed by atoms with van der Waals surface area (Å²) in [5.41, 5.74) is 6.53. The van der Waals surface area contributed by atoms with Gasteiger partial charge in [-0.1, -0.05) is 0 Å². The number of hydrogen-bond donors (Lipinski definition) is 1. The van der Waals surface area contributed by atoms with Gasteiger partial charge in [0.25, 0.3) is 0 Å². The number of halogens is 1. The number of hydrogen-bond acceptors (Lipinski definition) is 5. The molecule has 1 unspecified atom stereocenters. The van der Waals surface area contributed by atoms with Gasteiger partial charge in [-0.15, -0.1) is 12.4 Å². The summed E-state index contributed by atoms with van der Waals surface area (Å²) in [7, 11) is -3.53. The van der Waals surface area contributed by atoms with Crippen molar-refractivity contribution in [2.75, 3.05) is 6.26 Å². The molecule has 108 valence electrons. The van der Waals surface area contributed by atoms with Crippen LogP contribution in [0.5, 0.6) is 11.5 Å². The van der Waals surface area contributed by atoms with Crippen molar-refractivity contribution in [2.24, 2.45) is 5.73 Å². The smallest absolute Gasteiger partial charge is 0.306 e. The molecule has 0 spiro atoms. The molecule has 1 aromatic carbocycles. The molecule has 5 nitrogen and oxygen atoms in total. The lowest BCUT2D eigenvalue weighted by atomic mass is 9.90. The Morgan fingerprint density at radius 2 is 2.05 bits per heavy atom. The van der Waals surface area contributed by atoms with Gasteiger partial charge < -0.3 is 14.7 Å². The summed E-state index contributed by atoms with van der Waals surface area (Å²) in [5.74, 6) is 0.939. The fraction of sp³-hybridized carbons (Fsp3) is 0.500. The molecule has 0 aliphatic carbocycles. The maximum absolute atomic E-state index is 11.1. The monoisotopic (exact) mass is 307 g/mol.